The van der Waals surface area contributed by atoms with Gasteiger partial charge in [0, 0.05) is 12.2 Å². The third kappa shape index (κ3) is 2.49. The van der Waals surface area contributed by atoms with Gasteiger partial charge in [0.25, 0.3) is 16.6 Å². The first-order valence-corrected chi connectivity index (χ1v) is 5.31. The normalized spacial score (nSPS) is 10.4. The van der Waals surface area contributed by atoms with Gasteiger partial charge in [-0.2, -0.15) is 4.89 Å². The van der Waals surface area contributed by atoms with E-state index in [0.29, 0.717) is 6.54 Å². The summed E-state index contributed by atoms with van der Waals surface area (Å²) in [5.74, 6) is -1.12. The summed E-state index contributed by atoms with van der Waals surface area (Å²) in [7, 11) is 0. The summed E-state index contributed by atoms with van der Waals surface area (Å²) in [4.78, 5) is 30.7. The molecule has 0 fully saturated rings. The average molecular weight is 249 g/mol. The second-order valence-corrected chi connectivity index (χ2v) is 3.53. The predicted octanol–water partition coefficient (Wildman–Crippen LogP) is 0.411. The molecule has 0 saturated heterocycles. The van der Waals surface area contributed by atoms with Crippen molar-refractivity contribution in [3.63, 3.8) is 0 Å². The molecule has 2 rings (SSSR count). The molecule has 0 radical (unpaired) electrons. The third-order valence-electron chi connectivity index (χ3n) is 2.27. The number of rotatable bonds is 6. The summed E-state index contributed by atoms with van der Waals surface area (Å²) in [5.41, 5.74) is -0.891. The molecular formula is C12H11NO5. The van der Waals surface area contributed by atoms with Gasteiger partial charge in [-0.3, -0.25) is 9.59 Å². The molecule has 0 atom stereocenters. The zero-order valence-electron chi connectivity index (χ0n) is 9.38. The van der Waals surface area contributed by atoms with Crippen LogP contribution < -0.4 is 21.1 Å². The van der Waals surface area contributed by atoms with Crippen molar-refractivity contribution in [3.05, 3.63) is 50.8 Å². The van der Waals surface area contributed by atoms with Crippen LogP contribution in [-0.2, 0) is 4.89 Å². The van der Waals surface area contributed by atoms with Crippen LogP contribution in [0, 0.1) is 0 Å². The lowest BCUT2D eigenvalue weighted by atomic mass is 10.2. The Bertz CT molecular complexity index is 586. The van der Waals surface area contributed by atoms with Crippen molar-refractivity contribution in [3.8, 4) is 11.5 Å². The van der Waals surface area contributed by atoms with E-state index in [-0.39, 0.29) is 6.61 Å². The fourth-order valence-corrected chi connectivity index (χ4v) is 1.33. The Morgan fingerprint density at radius 2 is 1.83 bits per heavy atom. The quantitative estimate of drug-likeness (QED) is 0.334. The van der Waals surface area contributed by atoms with Crippen LogP contribution in [0.5, 0.6) is 11.5 Å². The monoisotopic (exact) mass is 249 g/mol. The van der Waals surface area contributed by atoms with E-state index in [1.807, 2.05) is 30.3 Å². The molecule has 0 heterocycles. The molecule has 2 aromatic rings. The SMILES string of the molecule is O=c1c(O)c(OOCCNc2ccccc2)c1=O. The lowest BCUT2D eigenvalue weighted by Gasteiger charge is -2.08. The molecule has 0 bridgehead atoms. The Balaban J connectivity index is 1.69. The Labute approximate surface area is 102 Å². The van der Waals surface area contributed by atoms with E-state index in [9.17, 15) is 9.59 Å². The van der Waals surface area contributed by atoms with Crippen molar-refractivity contribution >= 4 is 5.69 Å². The topological polar surface area (TPSA) is 84.9 Å². The minimum Gasteiger partial charge on any atom is -0.501 e. The minimum absolute atomic E-state index is 0.160. The van der Waals surface area contributed by atoms with Crippen LogP contribution in [-0.4, -0.2) is 18.3 Å². The molecule has 0 aromatic heterocycles. The van der Waals surface area contributed by atoms with E-state index in [1.165, 1.54) is 0 Å². The molecular weight excluding hydrogens is 238 g/mol. The van der Waals surface area contributed by atoms with Gasteiger partial charge in [-0.1, -0.05) is 18.2 Å². The molecule has 0 amide bonds. The van der Waals surface area contributed by atoms with E-state index >= 15 is 0 Å². The molecule has 0 aliphatic carbocycles. The lowest BCUT2D eigenvalue weighted by Crippen LogP contribution is -2.32. The molecule has 6 nitrogen and oxygen atoms in total. The van der Waals surface area contributed by atoms with E-state index in [1.54, 1.807) is 0 Å². The van der Waals surface area contributed by atoms with Gasteiger partial charge in [-0.15, -0.1) is 0 Å². The van der Waals surface area contributed by atoms with Gasteiger partial charge in [0.2, 0.25) is 5.75 Å². The molecule has 0 aliphatic heterocycles. The van der Waals surface area contributed by atoms with Crippen molar-refractivity contribution < 1.29 is 14.9 Å². The van der Waals surface area contributed by atoms with Gasteiger partial charge < -0.3 is 15.3 Å². The largest absolute Gasteiger partial charge is 0.501 e. The average Bonchev–Trinajstić information content (AvgIpc) is 2.42. The van der Waals surface area contributed by atoms with Crippen LogP contribution >= 0.6 is 0 Å². The van der Waals surface area contributed by atoms with Crippen molar-refractivity contribution in [2.75, 3.05) is 18.5 Å². The zero-order valence-corrected chi connectivity index (χ0v) is 9.38. The molecule has 0 spiro atoms. The van der Waals surface area contributed by atoms with Crippen LogP contribution in [0.15, 0.2) is 39.9 Å². The summed E-state index contributed by atoms with van der Waals surface area (Å²) in [6.45, 7) is 0.618. The molecule has 6 heteroatoms. The summed E-state index contributed by atoms with van der Waals surface area (Å²) in [5, 5.41) is 12.0. The first-order chi connectivity index (χ1) is 8.70. The summed E-state index contributed by atoms with van der Waals surface area (Å²) < 4.78 is 0. The van der Waals surface area contributed by atoms with Gasteiger partial charge in [-0.05, 0) is 12.1 Å². The summed E-state index contributed by atoms with van der Waals surface area (Å²) in [6, 6.07) is 9.47. The van der Waals surface area contributed by atoms with Gasteiger partial charge >= 0.3 is 0 Å². The number of benzene rings is 1. The Morgan fingerprint density at radius 3 is 2.50 bits per heavy atom. The van der Waals surface area contributed by atoms with Gasteiger partial charge in [0.15, 0.2) is 0 Å². The highest BCUT2D eigenvalue weighted by Crippen LogP contribution is 2.17. The summed E-state index contributed by atoms with van der Waals surface area (Å²) >= 11 is 0. The maximum atomic E-state index is 10.9. The second kappa shape index (κ2) is 5.33. The van der Waals surface area contributed by atoms with Crippen LogP contribution in [0.1, 0.15) is 0 Å². The molecule has 18 heavy (non-hydrogen) atoms. The number of hydrogen-bond acceptors (Lipinski definition) is 6. The second-order valence-electron chi connectivity index (χ2n) is 3.53. The molecule has 2 N–H and O–H groups in total. The molecule has 94 valence electrons. The number of para-hydroxylation sites is 1. The van der Waals surface area contributed by atoms with Crippen LogP contribution in [0.25, 0.3) is 0 Å². The van der Waals surface area contributed by atoms with Gasteiger partial charge in [0.1, 0.15) is 6.61 Å². The van der Waals surface area contributed by atoms with E-state index in [0.717, 1.165) is 5.69 Å². The highest BCUT2D eigenvalue weighted by Gasteiger charge is 2.22. The number of hydrogen-bond donors (Lipinski definition) is 2. The highest BCUT2D eigenvalue weighted by molar-refractivity contribution is 5.44. The van der Waals surface area contributed by atoms with Crippen molar-refractivity contribution in [1.29, 1.82) is 0 Å². The number of aromatic hydroxyl groups is 1. The summed E-state index contributed by atoms with van der Waals surface area (Å²) in [6.07, 6.45) is 0. The predicted molar refractivity (Wildman–Crippen MR) is 64.5 cm³/mol. The molecule has 0 saturated carbocycles. The third-order valence-corrected chi connectivity index (χ3v) is 2.27. The van der Waals surface area contributed by atoms with Gasteiger partial charge in [0.05, 0.1) is 0 Å². The molecule has 2 aromatic carbocycles. The first-order valence-electron chi connectivity index (χ1n) is 5.31. The smallest absolute Gasteiger partial charge is 0.279 e. The zero-order chi connectivity index (χ0) is 13.0. The van der Waals surface area contributed by atoms with Crippen LogP contribution in [0.2, 0.25) is 0 Å². The minimum atomic E-state index is -0.948. The van der Waals surface area contributed by atoms with Crippen molar-refractivity contribution in [1.82, 2.24) is 0 Å². The fourth-order valence-electron chi connectivity index (χ4n) is 1.33. The van der Waals surface area contributed by atoms with E-state index in [2.05, 4.69) is 10.2 Å². The van der Waals surface area contributed by atoms with Crippen LogP contribution in [0.3, 0.4) is 0 Å². The number of anilines is 1. The Morgan fingerprint density at radius 1 is 1.11 bits per heavy atom. The van der Waals surface area contributed by atoms with Crippen molar-refractivity contribution in [2.45, 2.75) is 0 Å². The molecule has 0 aliphatic rings. The standard InChI is InChI=1S/C12H11NO5/c14-9-10(15)12(11(9)16)18-17-7-6-13-8-4-2-1-3-5-8/h1-5,13,15H,6-7H2. The Kier molecular flexibility index (Phi) is 3.59. The number of nitrogens with one attached hydrogen (secondary N) is 1. The molecule has 0 unspecified atom stereocenters. The van der Waals surface area contributed by atoms with E-state index in [4.69, 9.17) is 9.99 Å². The van der Waals surface area contributed by atoms with E-state index < -0.39 is 22.4 Å². The van der Waals surface area contributed by atoms with Crippen LogP contribution in [0.4, 0.5) is 5.69 Å². The van der Waals surface area contributed by atoms with Crippen molar-refractivity contribution in [2.24, 2.45) is 0 Å². The fraction of sp³-hybridized carbons (Fsp3) is 0.167. The maximum absolute atomic E-state index is 10.9. The van der Waals surface area contributed by atoms with Gasteiger partial charge in [-0.25, -0.2) is 0 Å². The highest BCUT2D eigenvalue weighted by atomic mass is 17.2. The maximum Gasteiger partial charge on any atom is 0.279 e. The Hall–Kier alpha value is -2.34. The lowest BCUT2D eigenvalue weighted by molar-refractivity contribution is -0.205. The first kappa shape index (κ1) is 12.1.